The summed E-state index contributed by atoms with van der Waals surface area (Å²) in [6.07, 6.45) is 1.82. The number of benzene rings is 2. The third-order valence-electron chi connectivity index (χ3n) is 7.02. The number of rotatable bonds is 8. The van der Waals surface area contributed by atoms with Gasteiger partial charge in [-0.3, -0.25) is 9.59 Å². The molecule has 0 spiro atoms. The molecule has 0 saturated carbocycles. The Morgan fingerprint density at radius 3 is 2.44 bits per heavy atom. The van der Waals surface area contributed by atoms with Crippen LogP contribution in [0.25, 0.3) is 0 Å². The van der Waals surface area contributed by atoms with Crippen molar-refractivity contribution in [1.29, 1.82) is 0 Å². The highest BCUT2D eigenvalue weighted by atomic mass is 16.6. The fraction of sp³-hybridized carbons (Fsp3) is 0.531. The molecule has 2 bridgehead atoms. The van der Waals surface area contributed by atoms with E-state index in [0.29, 0.717) is 39.0 Å². The standard InChI is InChI=1S/C32H46N4O5/c1-6-22(2)28-30(38)33-17-10-18-40-26-15-13-24(14-16-26)20-27(29(37)36-28)34-21-25(19-23-11-8-7-9-12-23)35-31(39)41-32(3,4)5/h7-9,11-16,22,25,27-28,34H,6,10,17-21H2,1-5H3,(H,33,38)(H,35,39)(H,36,37)/t22?,25-,27-,28-/m0/s1. The first-order valence-corrected chi connectivity index (χ1v) is 14.6. The van der Waals surface area contributed by atoms with Gasteiger partial charge in [-0.1, -0.05) is 62.7 Å². The zero-order valence-corrected chi connectivity index (χ0v) is 25.0. The second-order valence-corrected chi connectivity index (χ2v) is 11.7. The molecule has 0 fully saturated rings. The number of ether oxygens (including phenoxy) is 2. The van der Waals surface area contributed by atoms with Crippen molar-refractivity contribution in [1.82, 2.24) is 21.3 Å². The van der Waals surface area contributed by atoms with E-state index in [4.69, 9.17) is 9.47 Å². The van der Waals surface area contributed by atoms with Crippen LogP contribution in [-0.2, 0) is 27.2 Å². The van der Waals surface area contributed by atoms with E-state index < -0.39 is 23.8 Å². The van der Waals surface area contributed by atoms with Crippen LogP contribution in [0.1, 0.15) is 58.6 Å². The summed E-state index contributed by atoms with van der Waals surface area (Å²) in [6, 6.07) is 15.9. The summed E-state index contributed by atoms with van der Waals surface area (Å²) >= 11 is 0. The van der Waals surface area contributed by atoms with Gasteiger partial charge in [0.2, 0.25) is 11.8 Å². The van der Waals surface area contributed by atoms with Gasteiger partial charge >= 0.3 is 6.09 Å². The minimum atomic E-state index is -0.662. The van der Waals surface area contributed by atoms with E-state index in [1.807, 2.05) is 89.2 Å². The molecular formula is C32H46N4O5. The molecule has 2 heterocycles. The van der Waals surface area contributed by atoms with Gasteiger partial charge in [0.1, 0.15) is 17.4 Å². The van der Waals surface area contributed by atoms with Crippen molar-refractivity contribution in [2.75, 3.05) is 19.7 Å². The molecule has 4 atom stereocenters. The van der Waals surface area contributed by atoms with Crippen molar-refractivity contribution in [2.24, 2.45) is 5.92 Å². The van der Waals surface area contributed by atoms with Crippen LogP contribution in [0.5, 0.6) is 5.75 Å². The zero-order chi connectivity index (χ0) is 29.8. The molecule has 9 heteroatoms. The molecule has 41 heavy (non-hydrogen) atoms. The molecule has 4 N–H and O–H groups in total. The summed E-state index contributed by atoms with van der Waals surface area (Å²) in [7, 11) is 0. The average molecular weight is 567 g/mol. The van der Waals surface area contributed by atoms with E-state index in [0.717, 1.165) is 23.3 Å². The van der Waals surface area contributed by atoms with Crippen molar-refractivity contribution in [3.63, 3.8) is 0 Å². The second-order valence-electron chi connectivity index (χ2n) is 11.7. The third kappa shape index (κ3) is 11.1. The molecule has 0 radical (unpaired) electrons. The molecule has 2 aromatic carbocycles. The fourth-order valence-electron chi connectivity index (χ4n) is 4.59. The first-order valence-electron chi connectivity index (χ1n) is 14.6. The van der Waals surface area contributed by atoms with Gasteiger partial charge in [0.05, 0.1) is 12.6 Å². The lowest BCUT2D eigenvalue weighted by Crippen LogP contribution is -2.57. The SMILES string of the molecule is CCC(C)[C@@H]1NC(=O)[C@@H](NC[C@H](Cc2ccccc2)NC(=O)OC(C)(C)C)Cc2ccc(cc2)OCCCNC1=O. The highest BCUT2D eigenvalue weighted by Crippen LogP contribution is 2.16. The molecule has 0 aromatic heterocycles. The molecule has 9 nitrogen and oxygen atoms in total. The van der Waals surface area contributed by atoms with E-state index >= 15 is 0 Å². The maximum atomic E-state index is 13.7. The number of carbonyl (C=O) groups is 3. The summed E-state index contributed by atoms with van der Waals surface area (Å²) in [5.74, 6) is 0.224. The molecule has 224 valence electrons. The summed E-state index contributed by atoms with van der Waals surface area (Å²) in [6.45, 7) is 10.7. The lowest BCUT2D eigenvalue weighted by molar-refractivity contribution is -0.131. The Kier molecular flexibility index (Phi) is 12.0. The van der Waals surface area contributed by atoms with Crippen molar-refractivity contribution in [3.8, 4) is 5.75 Å². The number of hydrogen-bond acceptors (Lipinski definition) is 6. The molecule has 4 rings (SSSR count). The van der Waals surface area contributed by atoms with Crippen molar-refractivity contribution in [2.45, 2.75) is 84.0 Å². The Bertz CT molecular complexity index is 1120. The first-order chi connectivity index (χ1) is 19.5. The lowest BCUT2D eigenvalue weighted by atomic mass is 9.97. The van der Waals surface area contributed by atoms with Crippen LogP contribution in [0.4, 0.5) is 4.79 Å². The Balaban J connectivity index is 1.83. The predicted molar refractivity (Wildman–Crippen MR) is 160 cm³/mol. The molecule has 2 aliphatic rings. The zero-order valence-electron chi connectivity index (χ0n) is 25.0. The van der Waals surface area contributed by atoms with Crippen LogP contribution in [0.15, 0.2) is 54.6 Å². The van der Waals surface area contributed by atoms with Crippen LogP contribution in [0.2, 0.25) is 0 Å². The van der Waals surface area contributed by atoms with Gasteiger partial charge in [0.15, 0.2) is 0 Å². The van der Waals surface area contributed by atoms with Crippen molar-refractivity contribution >= 4 is 17.9 Å². The minimum Gasteiger partial charge on any atom is -0.494 e. The number of carbonyl (C=O) groups excluding carboxylic acids is 3. The number of fused-ring (bicyclic) bond motifs is 12. The summed E-state index contributed by atoms with van der Waals surface area (Å²) < 4.78 is 11.3. The maximum absolute atomic E-state index is 13.7. The highest BCUT2D eigenvalue weighted by Gasteiger charge is 2.30. The van der Waals surface area contributed by atoms with E-state index in [1.54, 1.807) is 0 Å². The Morgan fingerprint density at radius 2 is 1.78 bits per heavy atom. The lowest BCUT2D eigenvalue weighted by Gasteiger charge is -2.28. The first kappa shape index (κ1) is 31.9. The molecular weight excluding hydrogens is 520 g/mol. The van der Waals surface area contributed by atoms with E-state index in [2.05, 4.69) is 21.3 Å². The Labute approximate surface area is 244 Å². The minimum absolute atomic E-state index is 0.0509. The van der Waals surface area contributed by atoms with Crippen LogP contribution in [0, 0.1) is 5.92 Å². The van der Waals surface area contributed by atoms with Crippen LogP contribution >= 0.6 is 0 Å². The molecule has 1 unspecified atom stereocenters. The van der Waals surface area contributed by atoms with Gasteiger partial charge in [-0.05, 0) is 69.2 Å². The number of alkyl carbamates (subject to hydrolysis) is 1. The van der Waals surface area contributed by atoms with Crippen LogP contribution < -0.4 is 26.0 Å². The topological polar surface area (TPSA) is 118 Å². The van der Waals surface area contributed by atoms with Gasteiger partial charge in [-0.15, -0.1) is 0 Å². The van der Waals surface area contributed by atoms with Crippen LogP contribution in [-0.4, -0.2) is 61.3 Å². The second kappa shape index (κ2) is 15.4. The smallest absolute Gasteiger partial charge is 0.407 e. The van der Waals surface area contributed by atoms with Gasteiger partial charge in [0, 0.05) is 19.1 Å². The third-order valence-corrected chi connectivity index (χ3v) is 7.02. The predicted octanol–water partition coefficient (Wildman–Crippen LogP) is 3.75. The van der Waals surface area contributed by atoms with Gasteiger partial charge < -0.3 is 30.7 Å². The van der Waals surface area contributed by atoms with E-state index in [-0.39, 0.29) is 23.8 Å². The molecule has 0 aliphatic carbocycles. The highest BCUT2D eigenvalue weighted by molar-refractivity contribution is 5.90. The number of nitrogens with one attached hydrogen (secondary N) is 4. The maximum Gasteiger partial charge on any atom is 0.407 e. The molecule has 3 amide bonds. The Morgan fingerprint density at radius 1 is 1.07 bits per heavy atom. The summed E-state index contributed by atoms with van der Waals surface area (Å²) in [5, 5.41) is 12.3. The van der Waals surface area contributed by atoms with Gasteiger partial charge in [-0.25, -0.2) is 4.79 Å². The monoisotopic (exact) mass is 566 g/mol. The quantitative estimate of drug-likeness (QED) is 0.387. The summed E-state index contributed by atoms with van der Waals surface area (Å²) in [4.78, 5) is 39.5. The fourth-order valence-corrected chi connectivity index (χ4v) is 4.59. The molecule has 0 saturated heterocycles. The van der Waals surface area contributed by atoms with Gasteiger partial charge in [0.25, 0.3) is 0 Å². The van der Waals surface area contributed by atoms with Crippen LogP contribution in [0.3, 0.4) is 0 Å². The van der Waals surface area contributed by atoms with Crippen molar-refractivity contribution in [3.05, 3.63) is 65.7 Å². The van der Waals surface area contributed by atoms with Crippen molar-refractivity contribution < 1.29 is 23.9 Å². The van der Waals surface area contributed by atoms with E-state index in [9.17, 15) is 14.4 Å². The van der Waals surface area contributed by atoms with Gasteiger partial charge in [-0.2, -0.15) is 0 Å². The average Bonchev–Trinajstić information content (AvgIpc) is 2.93. The Hall–Kier alpha value is -3.59. The molecule has 2 aliphatic heterocycles. The van der Waals surface area contributed by atoms with E-state index in [1.165, 1.54) is 0 Å². The number of hydrogen-bond donors (Lipinski definition) is 4. The molecule has 2 aromatic rings. The summed E-state index contributed by atoms with van der Waals surface area (Å²) in [5.41, 5.74) is 1.36. The number of amides is 3. The largest absolute Gasteiger partial charge is 0.494 e. The normalized spacial score (nSPS) is 19.9.